The van der Waals surface area contributed by atoms with Crippen LogP contribution in [0.1, 0.15) is 27.7 Å². The quantitative estimate of drug-likeness (QED) is 0.689. The highest BCUT2D eigenvalue weighted by molar-refractivity contribution is 6.76. The number of rotatable bonds is 5. The highest BCUT2D eigenvalue weighted by atomic mass is 28.4. The predicted octanol–water partition coefficient (Wildman–Crippen LogP) is 3.79. The largest absolute Gasteiger partial charge is 0.413 e. The average Bonchev–Trinajstić information content (AvgIpc) is 1.75. The van der Waals surface area contributed by atoms with Gasteiger partial charge in [0.05, 0.1) is 5.22 Å². The van der Waals surface area contributed by atoms with E-state index in [0.29, 0.717) is 0 Å². The summed E-state index contributed by atoms with van der Waals surface area (Å²) < 4.78 is 12.4. The van der Waals surface area contributed by atoms with Crippen molar-refractivity contribution in [2.75, 3.05) is 0 Å². The second-order valence-electron chi connectivity index (χ2n) is 6.40. The molecule has 0 aromatic carbocycles. The van der Waals surface area contributed by atoms with Crippen molar-refractivity contribution in [1.29, 1.82) is 0 Å². The molecule has 92 valence electrons. The summed E-state index contributed by atoms with van der Waals surface area (Å²) in [6.07, 6.45) is 0.288. The van der Waals surface area contributed by atoms with Crippen LogP contribution in [0.15, 0.2) is 0 Å². The van der Waals surface area contributed by atoms with E-state index in [0.717, 1.165) is 0 Å². The summed E-state index contributed by atoms with van der Waals surface area (Å²) in [5.74, 6) is 0. The first kappa shape index (κ1) is 15.4. The van der Waals surface area contributed by atoms with Gasteiger partial charge in [-0.1, -0.05) is 0 Å². The van der Waals surface area contributed by atoms with Gasteiger partial charge in [-0.3, -0.25) is 0 Å². The van der Waals surface area contributed by atoms with E-state index in [9.17, 15) is 0 Å². The van der Waals surface area contributed by atoms with E-state index in [-0.39, 0.29) is 11.3 Å². The standard InChI is InChI=1S/C11H28O2Si2/c1-10(2)12-15(8,9)11(3,4)13-14(5,6)7/h10H,1-9H3. The van der Waals surface area contributed by atoms with E-state index in [1.54, 1.807) is 0 Å². The van der Waals surface area contributed by atoms with Crippen LogP contribution in [-0.2, 0) is 8.85 Å². The third kappa shape index (κ3) is 5.29. The molecule has 0 aromatic rings. The zero-order valence-electron chi connectivity index (χ0n) is 11.9. The summed E-state index contributed by atoms with van der Waals surface area (Å²) in [7, 11) is -3.29. The van der Waals surface area contributed by atoms with Gasteiger partial charge in [-0.05, 0) is 60.4 Å². The fourth-order valence-electron chi connectivity index (χ4n) is 1.62. The summed E-state index contributed by atoms with van der Waals surface area (Å²) in [6, 6.07) is 0. The zero-order valence-corrected chi connectivity index (χ0v) is 13.9. The Morgan fingerprint density at radius 2 is 1.33 bits per heavy atom. The Hall–Kier alpha value is 0.354. The van der Waals surface area contributed by atoms with Crippen molar-refractivity contribution < 1.29 is 8.85 Å². The molecule has 0 N–H and O–H groups in total. The van der Waals surface area contributed by atoms with E-state index in [4.69, 9.17) is 8.85 Å². The molecule has 0 saturated heterocycles. The lowest BCUT2D eigenvalue weighted by Gasteiger charge is -2.44. The SMILES string of the molecule is CC(C)O[Si](C)(C)C(C)(C)O[Si](C)(C)C. The van der Waals surface area contributed by atoms with E-state index in [1.807, 2.05) is 0 Å². The Morgan fingerprint density at radius 3 is 1.60 bits per heavy atom. The van der Waals surface area contributed by atoms with Crippen LogP contribution in [0.3, 0.4) is 0 Å². The van der Waals surface area contributed by atoms with Crippen molar-refractivity contribution in [1.82, 2.24) is 0 Å². The van der Waals surface area contributed by atoms with Crippen molar-refractivity contribution in [3.05, 3.63) is 0 Å². The normalized spacial score (nSPS) is 14.8. The molecule has 0 radical (unpaired) electrons. The molecule has 0 bridgehead atoms. The van der Waals surface area contributed by atoms with Crippen LogP contribution in [0.4, 0.5) is 0 Å². The first-order valence-corrected chi connectivity index (χ1v) is 12.1. The molecular weight excluding hydrogens is 220 g/mol. The van der Waals surface area contributed by atoms with Gasteiger partial charge in [0, 0.05) is 6.10 Å². The molecule has 0 aliphatic heterocycles. The molecule has 2 nitrogen and oxygen atoms in total. The van der Waals surface area contributed by atoms with Crippen LogP contribution in [0.2, 0.25) is 32.7 Å². The Balaban J connectivity index is 4.69. The van der Waals surface area contributed by atoms with Gasteiger partial charge in [0.2, 0.25) is 8.32 Å². The maximum Gasteiger partial charge on any atom is 0.216 e. The van der Waals surface area contributed by atoms with Crippen molar-refractivity contribution in [3.63, 3.8) is 0 Å². The summed E-state index contributed by atoms with van der Waals surface area (Å²) in [5, 5.41) is -0.109. The van der Waals surface area contributed by atoms with Crippen molar-refractivity contribution >= 4 is 16.6 Å². The zero-order chi connectivity index (χ0) is 12.5. The maximum absolute atomic E-state index is 6.27. The van der Waals surface area contributed by atoms with E-state index in [2.05, 4.69) is 60.4 Å². The molecule has 0 fully saturated rings. The summed E-state index contributed by atoms with van der Waals surface area (Å²) in [5.41, 5.74) is 0. The van der Waals surface area contributed by atoms with Crippen LogP contribution < -0.4 is 0 Å². The first-order chi connectivity index (χ1) is 6.37. The lowest BCUT2D eigenvalue weighted by Crippen LogP contribution is -2.58. The van der Waals surface area contributed by atoms with E-state index >= 15 is 0 Å². The van der Waals surface area contributed by atoms with Crippen LogP contribution >= 0.6 is 0 Å². The molecule has 0 heterocycles. The number of hydrogen-bond acceptors (Lipinski definition) is 2. The molecule has 0 atom stereocenters. The van der Waals surface area contributed by atoms with Crippen LogP contribution in [0.25, 0.3) is 0 Å². The van der Waals surface area contributed by atoms with Crippen LogP contribution in [0.5, 0.6) is 0 Å². The topological polar surface area (TPSA) is 18.5 Å². The molecule has 0 aromatic heterocycles. The van der Waals surface area contributed by atoms with Gasteiger partial charge < -0.3 is 8.85 Å². The average molecular weight is 249 g/mol. The minimum Gasteiger partial charge on any atom is -0.413 e. The second-order valence-corrected chi connectivity index (χ2v) is 15.3. The van der Waals surface area contributed by atoms with Gasteiger partial charge in [-0.2, -0.15) is 0 Å². The minimum atomic E-state index is -1.79. The summed E-state index contributed by atoms with van der Waals surface area (Å²) in [4.78, 5) is 0. The highest BCUT2D eigenvalue weighted by Gasteiger charge is 2.45. The summed E-state index contributed by atoms with van der Waals surface area (Å²) >= 11 is 0. The highest BCUT2D eigenvalue weighted by Crippen LogP contribution is 2.29. The van der Waals surface area contributed by atoms with Gasteiger partial charge in [-0.15, -0.1) is 0 Å². The van der Waals surface area contributed by atoms with Gasteiger partial charge in [-0.25, -0.2) is 0 Å². The molecule has 15 heavy (non-hydrogen) atoms. The molecule has 0 aliphatic rings. The van der Waals surface area contributed by atoms with Crippen molar-refractivity contribution in [2.24, 2.45) is 0 Å². The third-order valence-electron chi connectivity index (χ3n) is 2.54. The molecule has 0 rings (SSSR count). The Kier molecular flexibility index (Phi) is 4.80. The van der Waals surface area contributed by atoms with E-state index < -0.39 is 16.6 Å². The van der Waals surface area contributed by atoms with E-state index in [1.165, 1.54) is 0 Å². The molecule has 0 amide bonds. The van der Waals surface area contributed by atoms with Crippen molar-refractivity contribution in [3.8, 4) is 0 Å². The van der Waals surface area contributed by atoms with Gasteiger partial charge >= 0.3 is 0 Å². The molecule has 0 aliphatic carbocycles. The minimum absolute atomic E-state index is 0.109. The molecule has 0 saturated carbocycles. The molecule has 0 unspecified atom stereocenters. The maximum atomic E-state index is 6.27. The van der Waals surface area contributed by atoms with Crippen LogP contribution in [-0.4, -0.2) is 28.0 Å². The Morgan fingerprint density at radius 1 is 0.933 bits per heavy atom. The predicted molar refractivity (Wildman–Crippen MR) is 72.2 cm³/mol. The molecule has 4 heteroatoms. The smallest absolute Gasteiger partial charge is 0.216 e. The third-order valence-corrected chi connectivity index (χ3v) is 7.93. The second kappa shape index (κ2) is 4.69. The lowest BCUT2D eigenvalue weighted by atomic mass is 10.5. The Labute approximate surface area is 97.6 Å². The number of hydrogen-bond donors (Lipinski definition) is 0. The van der Waals surface area contributed by atoms with Gasteiger partial charge in [0.25, 0.3) is 0 Å². The first-order valence-electron chi connectivity index (χ1n) is 5.75. The fourth-order valence-corrected chi connectivity index (χ4v) is 6.51. The molecule has 0 spiro atoms. The van der Waals surface area contributed by atoms with Gasteiger partial charge in [0.1, 0.15) is 0 Å². The lowest BCUT2D eigenvalue weighted by molar-refractivity contribution is 0.121. The monoisotopic (exact) mass is 248 g/mol. The van der Waals surface area contributed by atoms with Crippen molar-refractivity contribution in [2.45, 2.75) is 71.8 Å². The summed E-state index contributed by atoms with van der Waals surface area (Å²) in [6.45, 7) is 19.7. The molecular formula is C11H28O2Si2. The Bertz CT molecular complexity index is 205. The van der Waals surface area contributed by atoms with Crippen LogP contribution in [0, 0.1) is 0 Å². The van der Waals surface area contributed by atoms with Gasteiger partial charge in [0.15, 0.2) is 8.32 Å². The fraction of sp³-hybridized carbons (Fsp3) is 1.00.